The predicted molar refractivity (Wildman–Crippen MR) is 122 cm³/mol. The predicted octanol–water partition coefficient (Wildman–Crippen LogP) is 4.22. The number of nitriles is 1. The molecule has 1 N–H and O–H groups in total. The summed E-state index contributed by atoms with van der Waals surface area (Å²) in [6.07, 6.45) is 10.2. The fourth-order valence-electron chi connectivity index (χ4n) is 3.78. The lowest BCUT2D eigenvalue weighted by Gasteiger charge is -2.23. The van der Waals surface area contributed by atoms with E-state index in [-0.39, 0.29) is 17.9 Å². The van der Waals surface area contributed by atoms with Gasteiger partial charge in [-0.05, 0) is 62.0 Å². The second-order valence-electron chi connectivity index (χ2n) is 7.54. The van der Waals surface area contributed by atoms with Crippen molar-refractivity contribution >= 4 is 35.1 Å². The largest absolute Gasteiger partial charge is 0.449 e. The van der Waals surface area contributed by atoms with Crippen LogP contribution in [0.3, 0.4) is 0 Å². The van der Waals surface area contributed by atoms with Crippen molar-refractivity contribution in [3.63, 3.8) is 0 Å². The first-order valence-electron chi connectivity index (χ1n) is 10.3. The van der Waals surface area contributed by atoms with E-state index in [9.17, 15) is 14.9 Å². The molecular formula is C23H26N4O3S. The molecule has 0 aromatic carbocycles. The Morgan fingerprint density at radius 3 is 2.81 bits per heavy atom. The highest BCUT2D eigenvalue weighted by Crippen LogP contribution is 2.39. The summed E-state index contributed by atoms with van der Waals surface area (Å²) in [5.74, 6) is -0.109. The average Bonchev–Trinajstić information content (AvgIpc) is 3.42. The van der Waals surface area contributed by atoms with Crippen molar-refractivity contribution in [1.29, 1.82) is 5.26 Å². The highest BCUT2D eigenvalue weighted by atomic mass is 32.1. The van der Waals surface area contributed by atoms with E-state index < -0.39 is 0 Å². The Labute approximate surface area is 186 Å². The molecule has 2 heterocycles. The third-order valence-electron chi connectivity index (χ3n) is 5.43. The van der Waals surface area contributed by atoms with E-state index in [0.717, 1.165) is 55.6 Å². The van der Waals surface area contributed by atoms with Gasteiger partial charge in [-0.15, -0.1) is 11.3 Å². The van der Waals surface area contributed by atoms with E-state index in [0.29, 0.717) is 22.7 Å². The van der Waals surface area contributed by atoms with Crippen molar-refractivity contribution < 1.29 is 14.3 Å². The molecule has 1 aliphatic heterocycles. The Hall–Kier alpha value is -3.18. The summed E-state index contributed by atoms with van der Waals surface area (Å²) in [6.45, 7) is 8.96. The van der Waals surface area contributed by atoms with Gasteiger partial charge in [-0.1, -0.05) is 12.7 Å². The zero-order chi connectivity index (χ0) is 22.2. The number of allylic oxidation sites excluding steroid dienone is 3. The summed E-state index contributed by atoms with van der Waals surface area (Å²) in [7, 11) is 0. The molecule has 1 atom stereocenters. The minimum absolute atomic E-state index is 0.222. The monoisotopic (exact) mass is 438 g/mol. The lowest BCUT2D eigenvalue weighted by atomic mass is 9.88. The third-order valence-corrected chi connectivity index (χ3v) is 6.60. The van der Waals surface area contributed by atoms with Gasteiger partial charge in [0.25, 0.3) is 0 Å². The molecule has 2 aliphatic rings. The van der Waals surface area contributed by atoms with Crippen LogP contribution in [0, 0.1) is 17.2 Å². The van der Waals surface area contributed by atoms with Crippen LogP contribution in [-0.2, 0) is 22.4 Å². The number of thiophene rings is 1. The summed E-state index contributed by atoms with van der Waals surface area (Å²) >= 11 is 1.43. The Morgan fingerprint density at radius 1 is 1.35 bits per heavy atom. The standard InChI is InChI=1S/C23H26N4O3S/c1-3-16(14-25-2)7-9-21(28)26-22-19(13-24)18-8-6-17(12-20(18)31-22)15-30-23(29)27-10-4-5-11-27/h3,7,9,14,17H,1-2,4-6,8,10-12,15H2,(H,26,28)/b9-7+,16-14+. The zero-order valence-electron chi connectivity index (χ0n) is 17.4. The van der Waals surface area contributed by atoms with Gasteiger partial charge >= 0.3 is 6.09 Å². The second-order valence-corrected chi connectivity index (χ2v) is 8.64. The summed E-state index contributed by atoms with van der Waals surface area (Å²) in [4.78, 5) is 30.9. The molecule has 1 saturated heterocycles. The van der Waals surface area contributed by atoms with Crippen LogP contribution in [0.4, 0.5) is 9.80 Å². The Bertz CT molecular complexity index is 964. The molecule has 1 aliphatic carbocycles. The van der Waals surface area contributed by atoms with E-state index in [4.69, 9.17) is 4.74 Å². The van der Waals surface area contributed by atoms with Crippen molar-refractivity contribution in [2.24, 2.45) is 10.9 Å². The van der Waals surface area contributed by atoms with Crippen molar-refractivity contribution in [2.75, 3.05) is 25.0 Å². The van der Waals surface area contributed by atoms with Crippen LogP contribution in [-0.4, -0.2) is 43.3 Å². The molecule has 0 radical (unpaired) electrons. The fourth-order valence-corrected chi connectivity index (χ4v) is 5.09. The van der Waals surface area contributed by atoms with E-state index in [1.165, 1.54) is 23.6 Å². The van der Waals surface area contributed by atoms with Gasteiger partial charge < -0.3 is 15.0 Å². The number of nitrogens with one attached hydrogen (secondary N) is 1. The lowest BCUT2D eigenvalue weighted by molar-refractivity contribution is -0.111. The molecule has 7 nitrogen and oxygen atoms in total. The molecule has 1 aromatic rings. The Balaban J connectivity index is 1.62. The molecule has 0 saturated carbocycles. The van der Waals surface area contributed by atoms with Crippen LogP contribution in [0.1, 0.15) is 35.3 Å². The fraction of sp³-hybridized carbons (Fsp3) is 0.391. The van der Waals surface area contributed by atoms with Crippen molar-refractivity contribution in [1.82, 2.24) is 4.90 Å². The average molecular weight is 439 g/mol. The topological polar surface area (TPSA) is 94.8 Å². The molecule has 1 unspecified atom stereocenters. The number of rotatable bonds is 7. The maximum absolute atomic E-state index is 12.3. The first-order chi connectivity index (χ1) is 15.0. The number of ether oxygens (including phenoxy) is 1. The molecule has 2 amide bonds. The molecule has 3 rings (SSSR count). The summed E-state index contributed by atoms with van der Waals surface area (Å²) in [6, 6.07) is 2.24. The molecule has 0 spiro atoms. The van der Waals surface area contributed by atoms with Gasteiger partial charge in [0.1, 0.15) is 11.1 Å². The van der Waals surface area contributed by atoms with Crippen molar-refractivity contribution in [3.05, 3.63) is 52.6 Å². The quantitative estimate of drug-likeness (QED) is 0.392. The van der Waals surface area contributed by atoms with Gasteiger partial charge in [-0.3, -0.25) is 9.79 Å². The maximum Gasteiger partial charge on any atom is 0.409 e. The first kappa shape index (κ1) is 22.5. The summed E-state index contributed by atoms with van der Waals surface area (Å²) < 4.78 is 5.52. The van der Waals surface area contributed by atoms with Gasteiger partial charge in [-0.2, -0.15) is 5.26 Å². The van der Waals surface area contributed by atoms with Gasteiger partial charge in [0.05, 0.1) is 12.2 Å². The van der Waals surface area contributed by atoms with Gasteiger partial charge in [0.15, 0.2) is 0 Å². The minimum Gasteiger partial charge on any atom is -0.449 e. The smallest absolute Gasteiger partial charge is 0.409 e. The molecule has 162 valence electrons. The van der Waals surface area contributed by atoms with Crippen LogP contribution >= 0.6 is 11.3 Å². The molecular weight excluding hydrogens is 412 g/mol. The van der Waals surface area contributed by atoms with Gasteiger partial charge in [0.2, 0.25) is 5.91 Å². The number of hydrogen-bond donors (Lipinski definition) is 1. The zero-order valence-corrected chi connectivity index (χ0v) is 18.2. The summed E-state index contributed by atoms with van der Waals surface area (Å²) in [5, 5.41) is 13.0. The maximum atomic E-state index is 12.3. The Kier molecular flexibility index (Phi) is 7.79. The van der Waals surface area contributed by atoms with E-state index in [2.05, 4.69) is 29.7 Å². The van der Waals surface area contributed by atoms with Crippen LogP contribution in [0.2, 0.25) is 0 Å². The second kappa shape index (κ2) is 10.7. The molecule has 1 fully saturated rings. The normalized spacial score (nSPS) is 18.4. The highest BCUT2D eigenvalue weighted by molar-refractivity contribution is 7.16. The number of carbonyl (C=O) groups excluding carboxylic acids is 2. The van der Waals surface area contributed by atoms with Gasteiger partial charge in [-0.25, -0.2) is 4.79 Å². The van der Waals surface area contributed by atoms with Crippen LogP contribution in [0.25, 0.3) is 0 Å². The summed E-state index contributed by atoms with van der Waals surface area (Å²) in [5.41, 5.74) is 2.18. The number of amides is 2. The SMILES string of the molecule is C=CC(/C=C/C(=O)Nc1sc2c(c1C#N)CCC(COC(=O)N1CCCC1)C2)=C\N=C. The molecule has 0 bridgehead atoms. The Morgan fingerprint density at radius 2 is 2.13 bits per heavy atom. The van der Waals surface area contributed by atoms with Crippen molar-refractivity contribution in [2.45, 2.75) is 32.1 Å². The number of nitrogens with zero attached hydrogens (tertiary/aromatic N) is 3. The lowest BCUT2D eigenvalue weighted by Crippen LogP contribution is -2.30. The third kappa shape index (κ3) is 5.70. The number of fused-ring (bicyclic) bond motifs is 1. The van der Waals surface area contributed by atoms with Crippen LogP contribution < -0.4 is 5.32 Å². The van der Waals surface area contributed by atoms with Crippen molar-refractivity contribution in [3.8, 4) is 6.07 Å². The van der Waals surface area contributed by atoms with E-state index in [1.807, 2.05) is 0 Å². The number of likely N-dealkylation sites (tertiary alicyclic amines) is 1. The highest BCUT2D eigenvalue weighted by Gasteiger charge is 2.28. The van der Waals surface area contributed by atoms with Gasteiger partial charge in [0, 0.05) is 30.2 Å². The van der Waals surface area contributed by atoms with Crippen LogP contribution in [0.5, 0.6) is 0 Å². The number of aliphatic imine (C=N–C) groups is 1. The number of hydrogen-bond acceptors (Lipinski definition) is 6. The molecule has 1 aromatic heterocycles. The number of anilines is 1. The van der Waals surface area contributed by atoms with E-state index >= 15 is 0 Å². The number of carbonyl (C=O) groups is 2. The van der Waals surface area contributed by atoms with E-state index in [1.54, 1.807) is 17.1 Å². The first-order valence-corrected chi connectivity index (χ1v) is 11.1. The molecule has 31 heavy (non-hydrogen) atoms. The van der Waals surface area contributed by atoms with Crippen LogP contribution in [0.15, 0.2) is 41.6 Å². The minimum atomic E-state index is -0.331. The molecule has 8 heteroatoms.